The molecule has 1 aromatic heterocycles. The molecular formula is C16H17F3N4O3S. The molecule has 4 N–H and O–H groups in total. The quantitative estimate of drug-likeness (QED) is 0.713. The highest BCUT2D eigenvalue weighted by Gasteiger charge is 2.48. The number of halogens is 3. The number of ether oxygens (including phenoxy) is 1. The van der Waals surface area contributed by atoms with Crippen LogP contribution in [0.5, 0.6) is 5.75 Å². The molecule has 1 saturated carbocycles. The molecule has 27 heavy (non-hydrogen) atoms. The Kier molecular flexibility index (Phi) is 4.55. The Bertz CT molecular complexity index is 906. The van der Waals surface area contributed by atoms with E-state index in [4.69, 9.17) is 5.73 Å². The molecule has 0 unspecified atom stereocenters. The third kappa shape index (κ3) is 4.48. The normalized spacial score (nSPS) is 16.1. The second-order valence-electron chi connectivity index (χ2n) is 6.89. The van der Waals surface area contributed by atoms with E-state index in [1.54, 1.807) is 0 Å². The number of fused-ring (bicyclic) bond motifs is 1. The van der Waals surface area contributed by atoms with Crippen LogP contribution in [-0.4, -0.2) is 34.2 Å². The number of alkyl halides is 3. The fourth-order valence-corrected chi connectivity index (χ4v) is 3.13. The van der Waals surface area contributed by atoms with E-state index in [0.717, 1.165) is 17.4 Å². The molecule has 0 atom stereocenters. The average Bonchev–Trinajstić information content (AvgIpc) is 3.15. The number of nitrogens with zero attached hydrogens (tertiary/aromatic N) is 1. The maximum Gasteiger partial charge on any atom is 0.573 e. The molecule has 0 radical (unpaired) electrons. The molecule has 1 aromatic carbocycles. The second-order valence-corrected chi connectivity index (χ2v) is 7.92. The summed E-state index contributed by atoms with van der Waals surface area (Å²) in [5.74, 6) is -1.30. The molecule has 11 heteroatoms. The molecule has 0 bridgehead atoms. The van der Waals surface area contributed by atoms with Crippen molar-refractivity contribution in [1.82, 2.24) is 10.3 Å². The van der Waals surface area contributed by atoms with Crippen molar-refractivity contribution >= 4 is 38.5 Å². The van der Waals surface area contributed by atoms with Crippen LogP contribution in [0.2, 0.25) is 0 Å². The number of benzene rings is 1. The Morgan fingerprint density at radius 2 is 1.96 bits per heavy atom. The Morgan fingerprint density at radius 1 is 1.30 bits per heavy atom. The number of carbonyl (C=O) groups excluding carboxylic acids is 2. The zero-order valence-corrected chi connectivity index (χ0v) is 15.3. The molecular weight excluding hydrogens is 385 g/mol. The highest BCUT2D eigenvalue weighted by molar-refractivity contribution is 7.22. The summed E-state index contributed by atoms with van der Waals surface area (Å²) in [7, 11) is 0. The second kappa shape index (κ2) is 6.34. The molecule has 1 aliphatic rings. The molecule has 2 amide bonds. The molecule has 0 spiro atoms. The van der Waals surface area contributed by atoms with Crippen molar-refractivity contribution in [3.8, 4) is 5.75 Å². The zero-order valence-electron chi connectivity index (χ0n) is 14.4. The number of nitrogens with two attached hydrogens (primary N) is 1. The van der Waals surface area contributed by atoms with E-state index in [1.807, 2.05) is 0 Å². The molecule has 1 aliphatic carbocycles. The van der Waals surface area contributed by atoms with Crippen LogP contribution in [0.3, 0.4) is 0 Å². The van der Waals surface area contributed by atoms with Crippen molar-refractivity contribution in [2.45, 2.75) is 44.1 Å². The fraction of sp³-hybridized carbons (Fsp3) is 0.438. The molecule has 1 fully saturated rings. The summed E-state index contributed by atoms with van der Waals surface area (Å²) < 4.78 is 41.2. The molecule has 1 heterocycles. The first kappa shape index (κ1) is 19.4. The first-order chi connectivity index (χ1) is 12.4. The van der Waals surface area contributed by atoms with Gasteiger partial charge in [-0.3, -0.25) is 14.9 Å². The van der Waals surface area contributed by atoms with Crippen LogP contribution in [0.1, 0.15) is 26.7 Å². The van der Waals surface area contributed by atoms with Crippen LogP contribution < -0.4 is 21.1 Å². The summed E-state index contributed by atoms with van der Waals surface area (Å²) in [6, 6.07) is 3.69. The number of hydrogen-bond donors (Lipinski definition) is 3. The largest absolute Gasteiger partial charge is 0.573 e. The van der Waals surface area contributed by atoms with Crippen molar-refractivity contribution in [1.29, 1.82) is 0 Å². The van der Waals surface area contributed by atoms with Gasteiger partial charge in [0.1, 0.15) is 11.3 Å². The highest BCUT2D eigenvalue weighted by atomic mass is 32.1. The topological polar surface area (TPSA) is 106 Å². The van der Waals surface area contributed by atoms with Crippen molar-refractivity contribution in [2.75, 3.05) is 5.32 Å². The monoisotopic (exact) mass is 402 g/mol. The van der Waals surface area contributed by atoms with Gasteiger partial charge in [-0.25, -0.2) is 4.98 Å². The van der Waals surface area contributed by atoms with E-state index < -0.39 is 29.3 Å². The van der Waals surface area contributed by atoms with Gasteiger partial charge in [-0.2, -0.15) is 0 Å². The minimum Gasteiger partial charge on any atom is -0.406 e. The SMILES string of the molecule is CC(C)(NC(=O)C1(N)CC1)C(=O)Nc1nc2ccc(OC(F)(F)F)cc2s1. The number of amides is 2. The summed E-state index contributed by atoms with van der Waals surface area (Å²) in [4.78, 5) is 28.7. The van der Waals surface area contributed by atoms with Crippen LogP contribution in [-0.2, 0) is 9.59 Å². The lowest BCUT2D eigenvalue weighted by molar-refractivity contribution is -0.274. The molecule has 2 aromatic rings. The number of hydrogen-bond acceptors (Lipinski definition) is 6. The van der Waals surface area contributed by atoms with Gasteiger partial charge in [0.2, 0.25) is 5.91 Å². The van der Waals surface area contributed by atoms with Crippen molar-refractivity contribution in [3.05, 3.63) is 18.2 Å². The van der Waals surface area contributed by atoms with E-state index in [0.29, 0.717) is 23.1 Å². The number of thiazole rings is 1. The van der Waals surface area contributed by atoms with Crippen molar-refractivity contribution in [3.63, 3.8) is 0 Å². The van der Waals surface area contributed by atoms with E-state index in [-0.39, 0.29) is 10.9 Å². The third-order valence-electron chi connectivity index (χ3n) is 4.05. The number of aromatic nitrogens is 1. The summed E-state index contributed by atoms with van der Waals surface area (Å²) >= 11 is 0.991. The van der Waals surface area contributed by atoms with E-state index in [9.17, 15) is 22.8 Å². The summed E-state index contributed by atoms with van der Waals surface area (Å²) in [5, 5.41) is 5.36. The number of rotatable bonds is 5. The standard InChI is InChI=1S/C16H17F3N4O3S/c1-14(2,23-12(25)15(20)5-6-15)11(24)22-13-21-9-4-3-8(7-10(9)27-13)26-16(17,18)19/h3-4,7H,5-6,20H2,1-2H3,(H,23,25)(H,21,22,24). The van der Waals surface area contributed by atoms with Crippen molar-refractivity contribution in [2.24, 2.45) is 5.73 Å². The predicted molar refractivity (Wildman–Crippen MR) is 93.3 cm³/mol. The Morgan fingerprint density at radius 3 is 2.56 bits per heavy atom. The van der Waals surface area contributed by atoms with Crippen LogP contribution in [0, 0.1) is 0 Å². The zero-order chi connectivity index (χ0) is 20.0. The number of anilines is 1. The van der Waals surface area contributed by atoms with Crippen LogP contribution in [0.25, 0.3) is 10.2 Å². The van der Waals surface area contributed by atoms with Gasteiger partial charge in [-0.15, -0.1) is 13.2 Å². The average molecular weight is 402 g/mol. The van der Waals surface area contributed by atoms with Gasteiger partial charge in [0.15, 0.2) is 5.13 Å². The maximum atomic E-state index is 12.5. The molecule has 3 rings (SSSR count). The van der Waals surface area contributed by atoms with Crippen LogP contribution in [0.15, 0.2) is 18.2 Å². The van der Waals surface area contributed by atoms with E-state index in [1.165, 1.54) is 26.0 Å². The lowest BCUT2D eigenvalue weighted by atomic mass is 10.0. The Balaban J connectivity index is 1.71. The molecule has 0 aliphatic heterocycles. The molecule has 0 saturated heterocycles. The lowest BCUT2D eigenvalue weighted by Gasteiger charge is -2.26. The van der Waals surface area contributed by atoms with Gasteiger partial charge in [-0.05, 0) is 38.8 Å². The van der Waals surface area contributed by atoms with Crippen LogP contribution in [0.4, 0.5) is 18.3 Å². The van der Waals surface area contributed by atoms with Gasteiger partial charge in [0.25, 0.3) is 5.91 Å². The fourth-order valence-electron chi connectivity index (χ4n) is 2.24. The first-order valence-corrected chi connectivity index (χ1v) is 8.79. The minimum atomic E-state index is -4.79. The molecule has 146 valence electrons. The van der Waals surface area contributed by atoms with E-state index >= 15 is 0 Å². The van der Waals surface area contributed by atoms with Crippen LogP contribution >= 0.6 is 11.3 Å². The highest BCUT2D eigenvalue weighted by Crippen LogP contribution is 2.33. The first-order valence-electron chi connectivity index (χ1n) is 7.97. The lowest BCUT2D eigenvalue weighted by Crippen LogP contribution is -2.57. The van der Waals surface area contributed by atoms with Gasteiger partial charge in [0, 0.05) is 6.07 Å². The third-order valence-corrected chi connectivity index (χ3v) is 4.98. The summed E-state index contributed by atoms with van der Waals surface area (Å²) in [6.07, 6.45) is -3.66. The smallest absolute Gasteiger partial charge is 0.406 e. The Labute approximate surface area is 156 Å². The van der Waals surface area contributed by atoms with Crippen molar-refractivity contribution < 1.29 is 27.5 Å². The Hall–Kier alpha value is -2.40. The van der Waals surface area contributed by atoms with Gasteiger partial charge < -0.3 is 15.8 Å². The molecule has 7 nitrogen and oxygen atoms in total. The van der Waals surface area contributed by atoms with Gasteiger partial charge in [-0.1, -0.05) is 11.3 Å². The van der Waals surface area contributed by atoms with E-state index in [2.05, 4.69) is 20.4 Å². The predicted octanol–water partition coefficient (Wildman–Crippen LogP) is 2.52. The maximum absolute atomic E-state index is 12.5. The van der Waals surface area contributed by atoms with Gasteiger partial charge in [0.05, 0.1) is 15.8 Å². The minimum absolute atomic E-state index is 0.190. The van der Waals surface area contributed by atoms with Gasteiger partial charge >= 0.3 is 6.36 Å². The number of nitrogens with one attached hydrogen (secondary N) is 2. The number of carbonyl (C=O) groups is 2. The summed E-state index contributed by atoms with van der Waals surface area (Å²) in [6.45, 7) is 3.04. The summed E-state index contributed by atoms with van der Waals surface area (Å²) in [5.41, 5.74) is 4.06.